The van der Waals surface area contributed by atoms with Crippen molar-refractivity contribution in [1.82, 2.24) is 5.32 Å². The lowest BCUT2D eigenvalue weighted by atomic mass is 9.96. The minimum absolute atomic E-state index is 0.147. The molecule has 6 N–H and O–H groups in total. The van der Waals surface area contributed by atoms with Crippen molar-refractivity contribution in [2.45, 2.75) is 88.6 Å². The van der Waals surface area contributed by atoms with E-state index in [-0.39, 0.29) is 6.42 Å². The van der Waals surface area contributed by atoms with E-state index >= 15 is 0 Å². The van der Waals surface area contributed by atoms with Crippen molar-refractivity contribution in [1.29, 1.82) is 0 Å². The largest absolute Gasteiger partial charge is 0.394 e. The molecule has 0 unspecified atom stereocenters. The lowest BCUT2D eigenvalue weighted by molar-refractivity contribution is -0.358. The Labute approximate surface area is 142 Å². The zero-order valence-electron chi connectivity index (χ0n) is 14.2. The van der Waals surface area contributed by atoms with E-state index in [0.29, 0.717) is 6.42 Å². The smallest absolute Gasteiger partial charge is 0.279 e. The van der Waals surface area contributed by atoms with Gasteiger partial charge in [0.05, 0.1) is 6.61 Å². The number of ether oxygens (including phenoxy) is 1. The van der Waals surface area contributed by atoms with E-state index in [4.69, 9.17) is 9.84 Å². The van der Waals surface area contributed by atoms with E-state index in [1.165, 1.54) is 19.3 Å². The second-order valence-corrected chi connectivity index (χ2v) is 6.38. The molecule has 0 bridgehead atoms. The Hall–Kier alpha value is -0.770. The molecule has 0 saturated carbocycles. The summed E-state index contributed by atoms with van der Waals surface area (Å²) >= 11 is 0. The molecule has 5 atom stereocenters. The van der Waals surface area contributed by atoms with E-state index in [1.54, 1.807) is 0 Å². The molecule has 8 nitrogen and oxygen atoms in total. The maximum Gasteiger partial charge on any atom is 0.279 e. The Bertz CT molecular complexity index is 379. The van der Waals surface area contributed by atoms with Gasteiger partial charge in [0.15, 0.2) is 6.10 Å². The highest BCUT2D eigenvalue weighted by Crippen LogP contribution is 2.26. The van der Waals surface area contributed by atoms with Gasteiger partial charge in [0.2, 0.25) is 5.91 Å². The van der Waals surface area contributed by atoms with E-state index in [0.717, 1.165) is 19.3 Å². The first-order chi connectivity index (χ1) is 11.4. The molecule has 24 heavy (non-hydrogen) atoms. The number of hydrogen-bond acceptors (Lipinski definition) is 7. The number of unbranched alkanes of at least 4 members (excludes halogenated alkanes) is 6. The number of nitrogens with one attached hydrogen (secondary N) is 1. The van der Waals surface area contributed by atoms with Crippen LogP contribution in [0.25, 0.3) is 0 Å². The van der Waals surface area contributed by atoms with Gasteiger partial charge in [-0.25, -0.2) is 0 Å². The van der Waals surface area contributed by atoms with Crippen molar-refractivity contribution in [3.63, 3.8) is 0 Å². The molecule has 1 aliphatic heterocycles. The number of carbonyl (C=O) groups excluding carboxylic acids is 1. The molecule has 8 heteroatoms. The van der Waals surface area contributed by atoms with Crippen LogP contribution in [-0.2, 0) is 9.53 Å². The Morgan fingerprint density at radius 1 is 1.04 bits per heavy atom. The number of carbonyl (C=O) groups is 1. The molecule has 0 aliphatic carbocycles. The number of hydrogen-bond donors (Lipinski definition) is 6. The van der Waals surface area contributed by atoms with Gasteiger partial charge in [-0.2, -0.15) is 0 Å². The molecule has 1 heterocycles. The monoisotopic (exact) mass is 349 g/mol. The van der Waals surface area contributed by atoms with Crippen molar-refractivity contribution >= 4 is 5.91 Å². The zero-order valence-corrected chi connectivity index (χ0v) is 14.2. The van der Waals surface area contributed by atoms with Gasteiger partial charge in [-0.1, -0.05) is 45.4 Å². The highest BCUT2D eigenvalue weighted by atomic mass is 16.7. The molecule has 1 aliphatic rings. The molecule has 142 valence electrons. The highest BCUT2D eigenvalue weighted by Gasteiger charge is 2.53. The molecule has 1 amide bonds. The van der Waals surface area contributed by atoms with Crippen molar-refractivity contribution in [2.24, 2.45) is 0 Å². The van der Waals surface area contributed by atoms with Gasteiger partial charge in [-0.05, 0) is 6.42 Å². The van der Waals surface area contributed by atoms with Gasteiger partial charge in [0, 0.05) is 6.42 Å². The fourth-order valence-corrected chi connectivity index (χ4v) is 2.76. The molecule has 0 aromatic carbocycles. The molecular formula is C16H31NO7. The minimum atomic E-state index is -2.54. The number of amides is 1. The lowest BCUT2D eigenvalue weighted by Gasteiger charge is -2.45. The summed E-state index contributed by atoms with van der Waals surface area (Å²) in [4.78, 5) is 11.9. The normalized spacial score (nSPS) is 33.4. The number of aliphatic hydroxyl groups is 5. The summed E-state index contributed by atoms with van der Waals surface area (Å²) in [6.07, 6.45) is 0.864. The van der Waals surface area contributed by atoms with E-state index in [9.17, 15) is 25.2 Å². The quantitative estimate of drug-likeness (QED) is 0.228. The van der Waals surface area contributed by atoms with Crippen molar-refractivity contribution in [2.75, 3.05) is 6.61 Å². The van der Waals surface area contributed by atoms with Crippen molar-refractivity contribution in [3.05, 3.63) is 0 Å². The molecule has 0 spiro atoms. The standard InChI is InChI=1S/C16H31NO7/c1-2-3-4-5-6-7-8-9-12(19)17-16(23)15(22)14(21)13(20)11(10-18)24-16/h11,13-15,18,20-23H,2-10H2,1H3,(H,17,19)/t11-,13-,14+,15-,16+/m1/s1. The summed E-state index contributed by atoms with van der Waals surface area (Å²) in [6.45, 7) is 1.47. The molecule has 1 rings (SSSR count). The van der Waals surface area contributed by atoms with Crippen LogP contribution in [0.3, 0.4) is 0 Å². The van der Waals surface area contributed by atoms with Gasteiger partial charge in [-0.3, -0.25) is 4.79 Å². The summed E-state index contributed by atoms with van der Waals surface area (Å²) in [6, 6.07) is 0. The van der Waals surface area contributed by atoms with Crippen LogP contribution < -0.4 is 5.32 Å². The molecule has 1 saturated heterocycles. The van der Waals surface area contributed by atoms with Gasteiger partial charge < -0.3 is 35.6 Å². The molecular weight excluding hydrogens is 318 g/mol. The zero-order chi connectivity index (χ0) is 18.2. The van der Waals surface area contributed by atoms with Gasteiger partial charge in [0.25, 0.3) is 5.91 Å². The molecule has 1 fully saturated rings. The summed E-state index contributed by atoms with van der Waals surface area (Å²) < 4.78 is 4.97. The van der Waals surface area contributed by atoms with E-state index < -0.39 is 42.8 Å². The van der Waals surface area contributed by atoms with Crippen LogP contribution in [-0.4, -0.2) is 68.4 Å². The SMILES string of the molecule is CCCCCCCCCC(=O)N[C@@]1(O)O[C@H](CO)[C@@H](O)[C@H](O)[C@H]1O. The lowest BCUT2D eigenvalue weighted by Crippen LogP contribution is -2.71. The number of aliphatic hydroxyl groups excluding tert-OH is 4. The average molecular weight is 349 g/mol. The first-order valence-corrected chi connectivity index (χ1v) is 8.72. The first-order valence-electron chi connectivity index (χ1n) is 8.72. The summed E-state index contributed by atoms with van der Waals surface area (Å²) in [5, 5.41) is 50.6. The Balaban J connectivity index is 2.38. The Kier molecular flexibility index (Phi) is 9.11. The second kappa shape index (κ2) is 10.3. The first kappa shape index (κ1) is 21.3. The fraction of sp³-hybridized carbons (Fsp3) is 0.938. The maximum atomic E-state index is 11.9. The van der Waals surface area contributed by atoms with Gasteiger partial charge >= 0.3 is 0 Å². The number of rotatable bonds is 10. The third-order valence-electron chi connectivity index (χ3n) is 4.29. The average Bonchev–Trinajstić information content (AvgIpc) is 2.55. The van der Waals surface area contributed by atoms with Crippen LogP contribution >= 0.6 is 0 Å². The fourth-order valence-electron chi connectivity index (χ4n) is 2.76. The third kappa shape index (κ3) is 5.94. The second-order valence-electron chi connectivity index (χ2n) is 6.38. The predicted molar refractivity (Wildman–Crippen MR) is 85.7 cm³/mol. The Morgan fingerprint density at radius 3 is 2.21 bits per heavy atom. The van der Waals surface area contributed by atoms with Crippen LogP contribution in [0.5, 0.6) is 0 Å². The highest BCUT2D eigenvalue weighted by molar-refractivity contribution is 5.76. The Morgan fingerprint density at radius 2 is 1.62 bits per heavy atom. The van der Waals surface area contributed by atoms with Gasteiger partial charge in [0.1, 0.15) is 18.3 Å². The van der Waals surface area contributed by atoms with Crippen LogP contribution in [0, 0.1) is 0 Å². The molecule has 0 aromatic rings. The topological polar surface area (TPSA) is 139 Å². The molecule has 0 aromatic heterocycles. The van der Waals surface area contributed by atoms with E-state index in [2.05, 4.69) is 12.2 Å². The minimum Gasteiger partial charge on any atom is -0.394 e. The summed E-state index contributed by atoms with van der Waals surface area (Å²) in [7, 11) is 0. The maximum absolute atomic E-state index is 11.9. The van der Waals surface area contributed by atoms with Gasteiger partial charge in [-0.15, -0.1) is 0 Å². The van der Waals surface area contributed by atoms with Crippen LogP contribution in [0.2, 0.25) is 0 Å². The molecule has 0 radical (unpaired) electrons. The third-order valence-corrected chi connectivity index (χ3v) is 4.29. The van der Waals surface area contributed by atoms with E-state index in [1.807, 2.05) is 0 Å². The van der Waals surface area contributed by atoms with Crippen LogP contribution in [0.4, 0.5) is 0 Å². The van der Waals surface area contributed by atoms with Crippen LogP contribution in [0.1, 0.15) is 58.3 Å². The van der Waals surface area contributed by atoms with Crippen LogP contribution in [0.15, 0.2) is 0 Å². The van der Waals surface area contributed by atoms with Crippen molar-refractivity contribution < 1.29 is 35.1 Å². The summed E-state index contributed by atoms with van der Waals surface area (Å²) in [5.41, 5.74) is 0. The van der Waals surface area contributed by atoms with Crippen molar-refractivity contribution in [3.8, 4) is 0 Å². The summed E-state index contributed by atoms with van der Waals surface area (Å²) in [5.74, 6) is -3.07. The predicted octanol–water partition coefficient (Wildman–Crippen LogP) is -0.637.